The zero-order chi connectivity index (χ0) is 27.5. The van der Waals surface area contributed by atoms with E-state index in [1.165, 1.54) is 10.6 Å². The minimum Gasteiger partial charge on any atom is -0.372 e. The van der Waals surface area contributed by atoms with Crippen molar-refractivity contribution in [2.24, 2.45) is 11.1 Å². The Morgan fingerprint density at radius 2 is 1.90 bits per heavy atom. The molecule has 39 heavy (non-hydrogen) atoms. The second-order valence-electron chi connectivity index (χ2n) is 9.29. The van der Waals surface area contributed by atoms with Crippen LogP contribution in [0.5, 0.6) is 0 Å². The van der Waals surface area contributed by atoms with Crippen LogP contribution in [0, 0.1) is 17.8 Å². The number of nitrogen functional groups attached to an aromatic ring is 1. The Bertz CT molecular complexity index is 1560. The predicted molar refractivity (Wildman–Crippen MR) is 148 cm³/mol. The van der Waals surface area contributed by atoms with Gasteiger partial charge < -0.3 is 15.5 Å². The van der Waals surface area contributed by atoms with Gasteiger partial charge in [-0.25, -0.2) is 9.07 Å². The molecule has 3 aromatic rings. The second kappa shape index (κ2) is 11.2. The van der Waals surface area contributed by atoms with Gasteiger partial charge in [0.2, 0.25) is 11.8 Å². The van der Waals surface area contributed by atoms with E-state index in [0.717, 1.165) is 49.5 Å². The molecular formula is C27H33FN10O. The van der Waals surface area contributed by atoms with Gasteiger partial charge in [0, 0.05) is 56.8 Å². The zero-order valence-corrected chi connectivity index (χ0v) is 22.7. The van der Waals surface area contributed by atoms with Crippen LogP contribution in [0.1, 0.15) is 39.9 Å². The Morgan fingerprint density at radius 3 is 2.67 bits per heavy atom. The predicted octanol–water partition coefficient (Wildman–Crippen LogP) is 3.12. The summed E-state index contributed by atoms with van der Waals surface area (Å²) in [4.78, 5) is 18.9. The standard InChI is InChI=1S/C25H27FN10O.C2H6/c1-3-4-22-29-24-21-15-28-35(23(21)30-25(27)36(24)31-22)10-7-33-5-8-34(9-6-33)19-11-17-12-20(14-18(26)13-19)37-32-16(17)2;1-2/h11-12,14-15,17H,5-10,13H2,1-2H3,(H2,27,30);1-2H3/b18-14+,19-11+;. The zero-order valence-electron chi connectivity index (χ0n) is 22.7. The van der Waals surface area contributed by atoms with Gasteiger partial charge in [0.15, 0.2) is 17.1 Å². The fourth-order valence-electron chi connectivity index (χ4n) is 4.90. The van der Waals surface area contributed by atoms with Crippen molar-refractivity contribution in [1.82, 2.24) is 39.2 Å². The number of piperazine rings is 1. The van der Waals surface area contributed by atoms with Gasteiger partial charge in [0.1, 0.15) is 5.83 Å². The van der Waals surface area contributed by atoms with E-state index in [1.807, 2.05) is 31.5 Å². The molecule has 1 fully saturated rings. The number of fused-ring (bicyclic) bond motifs is 4. The van der Waals surface area contributed by atoms with Crippen LogP contribution >= 0.6 is 0 Å². The smallest absolute Gasteiger partial charge is 0.226 e. The maximum Gasteiger partial charge on any atom is 0.226 e. The average Bonchev–Trinajstić information content (AvgIpc) is 3.54. The number of hydrogen-bond acceptors (Lipinski definition) is 9. The molecule has 0 saturated carbocycles. The third-order valence-corrected chi connectivity index (χ3v) is 6.88. The highest BCUT2D eigenvalue weighted by Gasteiger charge is 2.25. The number of nitrogens with two attached hydrogens (primary N) is 1. The third-order valence-electron chi connectivity index (χ3n) is 6.88. The molecule has 1 unspecified atom stereocenters. The van der Waals surface area contributed by atoms with Gasteiger partial charge in [-0.1, -0.05) is 31.0 Å². The van der Waals surface area contributed by atoms with Crippen molar-refractivity contribution in [3.8, 4) is 11.8 Å². The summed E-state index contributed by atoms with van der Waals surface area (Å²) in [6, 6.07) is 0. The minimum absolute atomic E-state index is 0.0241. The highest BCUT2D eigenvalue weighted by atomic mass is 19.1. The van der Waals surface area contributed by atoms with E-state index < -0.39 is 0 Å². The Kier molecular flexibility index (Phi) is 7.60. The van der Waals surface area contributed by atoms with Crippen molar-refractivity contribution < 1.29 is 9.23 Å². The highest BCUT2D eigenvalue weighted by Crippen LogP contribution is 2.28. The molecule has 1 atom stereocenters. The molecule has 3 aromatic heterocycles. The number of hydrogen-bond donors (Lipinski definition) is 1. The van der Waals surface area contributed by atoms with Crippen LogP contribution < -0.4 is 5.73 Å². The van der Waals surface area contributed by atoms with Crippen LogP contribution in [0.25, 0.3) is 16.7 Å². The quantitative estimate of drug-likeness (QED) is 0.510. The molecule has 0 amide bonds. The van der Waals surface area contributed by atoms with Crippen LogP contribution in [-0.2, 0) is 11.4 Å². The summed E-state index contributed by atoms with van der Waals surface area (Å²) in [5, 5.41) is 13.7. The number of aromatic nitrogens is 6. The van der Waals surface area contributed by atoms with Crippen LogP contribution in [0.15, 0.2) is 46.9 Å². The normalized spacial score (nSPS) is 22.1. The molecule has 0 spiro atoms. The van der Waals surface area contributed by atoms with Crippen molar-refractivity contribution >= 4 is 28.3 Å². The first-order chi connectivity index (χ1) is 19.0. The molecule has 5 heterocycles. The SMILES string of the molecule is CC.CC#Cc1nc2c3cnn(CCN4CCN(/C5=C/C6C=C(/C=C(/F)C5)ON=C6C)CC4)c3nc(N)n2n1. The minimum atomic E-state index is -0.221. The van der Waals surface area contributed by atoms with Gasteiger partial charge in [-0.2, -0.15) is 19.6 Å². The first kappa shape index (κ1) is 26.4. The van der Waals surface area contributed by atoms with Crippen molar-refractivity contribution in [1.29, 1.82) is 0 Å². The maximum atomic E-state index is 14.5. The maximum absolute atomic E-state index is 14.5. The van der Waals surface area contributed by atoms with Crippen molar-refractivity contribution in [2.45, 2.75) is 40.7 Å². The lowest BCUT2D eigenvalue weighted by molar-refractivity contribution is 0.150. The van der Waals surface area contributed by atoms with Gasteiger partial charge in [-0.05, 0) is 25.8 Å². The second-order valence-corrected chi connectivity index (χ2v) is 9.29. The number of nitrogens with zero attached hydrogens (tertiary/aromatic N) is 9. The molecular weight excluding hydrogens is 499 g/mol. The number of oxime groups is 1. The topological polar surface area (TPSA) is 115 Å². The largest absolute Gasteiger partial charge is 0.372 e. The summed E-state index contributed by atoms with van der Waals surface area (Å²) in [6.07, 6.45) is 7.47. The van der Waals surface area contributed by atoms with Crippen LogP contribution in [0.4, 0.5) is 10.3 Å². The molecule has 2 aliphatic heterocycles. The number of allylic oxidation sites excluding steroid dienone is 4. The summed E-state index contributed by atoms with van der Waals surface area (Å²) in [5.74, 6) is 6.58. The lowest BCUT2D eigenvalue weighted by Gasteiger charge is -2.38. The first-order valence-electron chi connectivity index (χ1n) is 13.3. The van der Waals surface area contributed by atoms with Gasteiger partial charge in [0.25, 0.3) is 0 Å². The summed E-state index contributed by atoms with van der Waals surface area (Å²) < 4.78 is 17.9. The Balaban J connectivity index is 0.00000151. The van der Waals surface area contributed by atoms with E-state index >= 15 is 0 Å². The first-order valence-corrected chi connectivity index (χ1v) is 13.3. The summed E-state index contributed by atoms with van der Waals surface area (Å²) in [5.41, 5.74) is 9.28. The lowest BCUT2D eigenvalue weighted by Crippen LogP contribution is -2.46. The van der Waals surface area contributed by atoms with E-state index in [1.54, 1.807) is 13.1 Å². The molecule has 2 bridgehead atoms. The summed E-state index contributed by atoms with van der Waals surface area (Å²) >= 11 is 0. The van der Waals surface area contributed by atoms with E-state index in [9.17, 15) is 4.39 Å². The molecule has 12 heteroatoms. The molecule has 1 aliphatic carbocycles. The highest BCUT2D eigenvalue weighted by molar-refractivity contribution is 5.90. The molecule has 204 valence electrons. The van der Waals surface area contributed by atoms with Crippen LogP contribution in [-0.4, -0.2) is 77.6 Å². The van der Waals surface area contributed by atoms with Crippen molar-refractivity contribution in [2.75, 3.05) is 38.5 Å². The van der Waals surface area contributed by atoms with Gasteiger partial charge >= 0.3 is 0 Å². The number of rotatable bonds is 4. The van der Waals surface area contributed by atoms with Gasteiger partial charge in [0.05, 0.1) is 23.8 Å². The lowest BCUT2D eigenvalue weighted by atomic mass is 9.97. The van der Waals surface area contributed by atoms with E-state index in [0.29, 0.717) is 29.4 Å². The van der Waals surface area contributed by atoms with Gasteiger partial charge in [-0.15, -0.1) is 5.10 Å². The molecule has 3 aliphatic rings. The molecule has 0 aromatic carbocycles. The molecule has 1 saturated heterocycles. The van der Waals surface area contributed by atoms with E-state index in [-0.39, 0.29) is 24.1 Å². The van der Waals surface area contributed by atoms with Crippen LogP contribution in [0.2, 0.25) is 0 Å². The van der Waals surface area contributed by atoms with Crippen molar-refractivity contribution in [3.05, 3.63) is 47.5 Å². The Labute approximate surface area is 226 Å². The Morgan fingerprint density at radius 1 is 1.10 bits per heavy atom. The fraction of sp³-hybridized carbons (Fsp3) is 0.444. The van der Waals surface area contributed by atoms with Crippen LogP contribution in [0.3, 0.4) is 0 Å². The molecule has 0 radical (unpaired) electrons. The number of halogens is 1. The van der Waals surface area contributed by atoms with E-state index in [2.05, 4.69) is 53.0 Å². The van der Waals surface area contributed by atoms with Crippen molar-refractivity contribution in [3.63, 3.8) is 0 Å². The Hall–Kier alpha value is -4.24. The number of anilines is 1. The fourth-order valence-corrected chi connectivity index (χ4v) is 4.90. The van der Waals surface area contributed by atoms with E-state index in [4.69, 9.17) is 10.6 Å². The van der Waals surface area contributed by atoms with Gasteiger partial charge in [-0.3, -0.25) is 4.90 Å². The third kappa shape index (κ3) is 5.35. The summed E-state index contributed by atoms with van der Waals surface area (Å²) in [6.45, 7) is 12.5. The molecule has 6 rings (SSSR count). The average molecular weight is 533 g/mol. The molecule has 11 nitrogen and oxygen atoms in total. The molecule has 2 N–H and O–H groups in total. The monoisotopic (exact) mass is 532 g/mol. The summed E-state index contributed by atoms with van der Waals surface area (Å²) in [7, 11) is 0.